The molecule has 0 unspecified atom stereocenters. The van der Waals surface area contributed by atoms with Crippen molar-refractivity contribution in [2.45, 2.75) is 6.92 Å². The fourth-order valence-corrected chi connectivity index (χ4v) is 3.12. The second kappa shape index (κ2) is 8.02. The van der Waals surface area contributed by atoms with E-state index in [2.05, 4.69) is 10.4 Å². The number of ether oxygens (including phenoxy) is 1. The first-order valence-corrected chi connectivity index (χ1v) is 9.32. The zero-order valence-electron chi connectivity index (χ0n) is 16.3. The summed E-state index contributed by atoms with van der Waals surface area (Å²) in [4.78, 5) is 12.9. The molecule has 0 aliphatic heterocycles. The summed E-state index contributed by atoms with van der Waals surface area (Å²) in [5, 5.41) is 7.55. The molecule has 0 spiro atoms. The largest absolute Gasteiger partial charge is 0.497 e. The first-order valence-electron chi connectivity index (χ1n) is 9.32. The molecule has 3 aromatic carbocycles. The van der Waals surface area contributed by atoms with Crippen LogP contribution < -0.4 is 10.1 Å². The number of aryl methyl sites for hydroxylation is 1. The van der Waals surface area contributed by atoms with Crippen molar-refractivity contribution in [3.63, 3.8) is 0 Å². The number of nitrogens with zero attached hydrogens (tertiary/aromatic N) is 2. The van der Waals surface area contributed by atoms with Gasteiger partial charge in [-0.05, 0) is 61.0 Å². The molecule has 0 aliphatic rings. The number of hydrogen-bond acceptors (Lipinski definition) is 3. The second-order valence-corrected chi connectivity index (χ2v) is 6.66. The van der Waals surface area contributed by atoms with Crippen LogP contribution in [0.1, 0.15) is 16.1 Å². The monoisotopic (exact) mass is 383 g/mol. The van der Waals surface area contributed by atoms with Crippen molar-refractivity contribution < 1.29 is 9.53 Å². The standard InChI is InChI=1S/C24H21N3O2/c1-17-8-6-7-11-21(17)25-24(28)22-16-23(18-12-14-20(29-2)15-13-18)27(26-22)19-9-4-3-5-10-19/h3-16H,1-2H3,(H,25,28). The Bertz CT molecular complexity index is 1130. The van der Waals surface area contributed by atoms with Crippen molar-refractivity contribution in [1.82, 2.24) is 9.78 Å². The van der Waals surface area contributed by atoms with Gasteiger partial charge in [0, 0.05) is 11.3 Å². The molecular weight excluding hydrogens is 362 g/mol. The number of benzene rings is 3. The van der Waals surface area contributed by atoms with E-state index in [9.17, 15) is 4.79 Å². The fourth-order valence-electron chi connectivity index (χ4n) is 3.12. The highest BCUT2D eigenvalue weighted by atomic mass is 16.5. The van der Waals surface area contributed by atoms with Gasteiger partial charge in [-0.15, -0.1) is 0 Å². The molecule has 1 N–H and O–H groups in total. The van der Waals surface area contributed by atoms with E-state index >= 15 is 0 Å². The van der Waals surface area contributed by atoms with Crippen LogP contribution in [-0.4, -0.2) is 22.8 Å². The van der Waals surface area contributed by atoms with E-state index in [1.54, 1.807) is 11.8 Å². The molecule has 1 aromatic heterocycles. The number of aromatic nitrogens is 2. The van der Waals surface area contributed by atoms with Gasteiger partial charge in [0.05, 0.1) is 18.5 Å². The van der Waals surface area contributed by atoms with Crippen LogP contribution in [0.2, 0.25) is 0 Å². The predicted octanol–water partition coefficient (Wildman–Crippen LogP) is 5.11. The third kappa shape index (κ3) is 3.89. The zero-order chi connectivity index (χ0) is 20.2. The summed E-state index contributed by atoms with van der Waals surface area (Å²) in [5.41, 5.74) is 4.78. The minimum atomic E-state index is -0.247. The lowest BCUT2D eigenvalue weighted by Crippen LogP contribution is -2.13. The summed E-state index contributed by atoms with van der Waals surface area (Å²) >= 11 is 0. The second-order valence-electron chi connectivity index (χ2n) is 6.66. The summed E-state index contributed by atoms with van der Waals surface area (Å²) in [6, 6.07) is 27.0. The molecular formula is C24H21N3O2. The fraction of sp³-hybridized carbons (Fsp3) is 0.0833. The normalized spacial score (nSPS) is 10.6. The number of rotatable bonds is 5. The third-order valence-corrected chi connectivity index (χ3v) is 4.72. The van der Waals surface area contributed by atoms with Crippen molar-refractivity contribution >= 4 is 11.6 Å². The van der Waals surface area contributed by atoms with Crippen molar-refractivity contribution in [1.29, 1.82) is 0 Å². The molecule has 1 heterocycles. The highest BCUT2D eigenvalue weighted by Crippen LogP contribution is 2.26. The van der Waals surface area contributed by atoms with Gasteiger partial charge >= 0.3 is 0 Å². The highest BCUT2D eigenvalue weighted by molar-refractivity contribution is 6.04. The average molecular weight is 383 g/mol. The summed E-state index contributed by atoms with van der Waals surface area (Å²) in [7, 11) is 1.64. The number of para-hydroxylation sites is 2. The molecule has 4 aromatic rings. The molecule has 4 rings (SSSR count). The van der Waals surface area contributed by atoms with Gasteiger partial charge in [-0.2, -0.15) is 5.10 Å². The summed E-state index contributed by atoms with van der Waals surface area (Å²) < 4.78 is 7.04. The van der Waals surface area contributed by atoms with Crippen LogP contribution in [0, 0.1) is 6.92 Å². The van der Waals surface area contributed by atoms with E-state index < -0.39 is 0 Å². The molecule has 0 atom stereocenters. The summed E-state index contributed by atoms with van der Waals surface area (Å²) in [6.07, 6.45) is 0. The van der Waals surface area contributed by atoms with Crippen LogP contribution in [-0.2, 0) is 0 Å². The summed E-state index contributed by atoms with van der Waals surface area (Å²) in [6.45, 7) is 1.96. The first kappa shape index (κ1) is 18.5. The maximum atomic E-state index is 12.9. The van der Waals surface area contributed by atoms with E-state index in [1.807, 2.05) is 91.9 Å². The van der Waals surface area contributed by atoms with E-state index in [0.29, 0.717) is 5.69 Å². The average Bonchev–Trinajstić information content (AvgIpc) is 3.22. The highest BCUT2D eigenvalue weighted by Gasteiger charge is 2.17. The van der Waals surface area contributed by atoms with Crippen molar-refractivity contribution in [2.75, 3.05) is 12.4 Å². The molecule has 29 heavy (non-hydrogen) atoms. The number of anilines is 1. The Labute approximate surface area is 169 Å². The van der Waals surface area contributed by atoms with Gasteiger partial charge in [0.2, 0.25) is 0 Å². The third-order valence-electron chi connectivity index (χ3n) is 4.72. The van der Waals surface area contributed by atoms with Crippen molar-refractivity contribution in [3.8, 4) is 22.7 Å². The Kier molecular flexibility index (Phi) is 5.12. The van der Waals surface area contributed by atoms with E-state index in [-0.39, 0.29) is 5.91 Å². The Hall–Kier alpha value is -3.86. The van der Waals surface area contributed by atoms with Gasteiger partial charge in [-0.3, -0.25) is 4.79 Å². The molecule has 144 valence electrons. The SMILES string of the molecule is COc1ccc(-c2cc(C(=O)Nc3ccccc3C)nn2-c2ccccc2)cc1. The van der Waals surface area contributed by atoms with Crippen LogP contribution in [0.15, 0.2) is 84.9 Å². The molecule has 0 saturated heterocycles. The molecule has 0 bridgehead atoms. The van der Waals surface area contributed by atoms with E-state index in [4.69, 9.17) is 4.74 Å². The van der Waals surface area contributed by atoms with Gasteiger partial charge in [-0.1, -0.05) is 36.4 Å². The lowest BCUT2D eigenvalue weighted by atomic mass is 10.1. The Morgan fingerprint density at radius 3 is 2.31 bits per heavy atom. The smallest absolute Gasteiger partial charge is 0.276 e. The van der Waals surface area contributed by atoms with Crippen LogP contribution in [0.25, 0.3) is 16.9 Å². The van der Waals surface area contributed by atoms with Crippen molar-refractivity contribution in [3.05, 3.63) is 96.2 Å². The molecule has 0 aliphatic carbocycles. The molecule has 5 heteroatoms. The minimum Gasteiger partial charge on any atom is -0.497 e. The number of methoxy groups -OCH3 is 1. The molecule has 5 nitrogen and oxygen atoms in total. The minimum absolute atomic E-state index is 0.247. The summed E-state index contributed by atoms with van der Waals surface area (Å²) in [5.74, 6) is 0.529. The molecule has 0 fully saturated rings. The van der Waals surface area contributed by atoms with Gasteiger partial charge in [0.25, 0.3) is 5.91 Å². The van der Waals surface area contributed by atoms with Crippen molar-refractivity contribution in [2.24, 2.45) is 0 Å². The molecule has 0 radical (unpaired) electrons. The number of amides is 1. The Balaban J connectivity index is 1.75. The topological polar surface area (TPSA) is 56.1 Å². The number of hydrogen-bond donors (Lipinski definition) is 1. The van der Waals surface area contributed by atoms with Gasteiger partial charge < -0.3 is 10.1 Å². The quantitative estimate of drug-likeness (QED) is 0.521. The zero-order valence-corrected chi connectivity index (χ0v) is 16.3. The maximum Gasteiger partial charge on any atom is 0.276 e. The number of nitrogens with one attached hydrogen (secondary N) is 1. The van der Waals surface area contributed by atoms with Crippen LogP contribution >= 0.6 is 0 Å². The first-order chi connectivity index (χ1) is 14.2. The van der Waals surface area contributed by atoms with Gasteiger partial charge in [-0.25, -0.2) is 4.68 Å². The lowest BCUT2D eigenvalue weighted by molar-refractivity contribution is 0.102. The van der Waals surface area contributed by atoms with E-state index in [1.165, 1.54) is 0 Å². The van der Waals surface area contributed by atoms with Gasteiger partial charge in [0.1, 0.15) is 5.75 Å². The van der Waals surface area contributed by atoms with Crippen LogP contribution in [0.3, 0.4) is 0 Å². The molecule has 1 amide bonds. The predicted molar refractivity (Wildman–Crippen MR) is 115 cm³/mol. The van der Waals surface area contributed by atoms with Crippen LogP contribution in [0.5, 0.6) is 5.75 Å². The van der Waals surface area contributed by atoms with Gasteiger partial charge in [0.15, 0.2) is 5.69 Å². The maximum absolute atomic E-state index is 12.9. The lowest BCUT2D eigenvalue weighted by Gasteiger charge is -2.08. The van der Waals surface area contributed by atoms with E-state index in [0.717, 1.165) is 33.9 Å². The Morgan fingerprint density at radius 1 is 0.931 bits per heavy atom. The number of carbonyl (C=O) groups is 1. The Morgan fingerprint density at radius 2 is 1.62 bits per heavy atom. The number of carbonyl (C=O) groups excluding carboxylic acids is 1. The van der Waals surface area contributed by atoms with Crippen LogP contribution in [0.4, 0.5) is 5.69 Å². The molecule has 0 saturated carbocycles.